The zero-order valence-electron chi connectivity index (χ0n) is 18.4. The van der Waals surface area contributed by atoms with Crippen molar-refractivity contribution in [3.8, 4) is 28.8 Å². The van der Waals surface area contributed by atoms with Crippen LogP contribution in [0.1, 0.15) is 27.9 Å². The molecule has 0 aliphatic carbocycles. The molecule has 0 saturated heterocycles. The average Bonchev–Trinajstić information content (AvgIpc) is 2.87. The summed E-state index contributed by atoms with van der Waals surface area (Å²) in [6.07, 6.45) is 2.30. The van der Waals surface area contributed by atoms with E-state index in [0.717, 1.165) is 44.5 Å². The lowest BCUT2D eigenvalue weighted by Gasteiger charge is -2.24. The van der Waals surface area contributed by atoms with E-state index in [0.29, 0.717) is 23.9 Å². The number of fused-ring (bicyclic) bond motifs is 2. The largest absolute Gasteiger partial charge is 0.497 e. The number of methoxy groups -OCH3 is 1. The van der Waals surface area contributed by atoms with Gasteiger partial charge in [-0.25, -0.2) is 4.98 Å². The summed E-state index contributed by atoms with van der Waals surface area (Å²) in [4.78, 5) is 14.1. The predicted molar refractivity (Wildman–Crippen MR) is 128 cm³/mol. The number of aliphatic hydroxyl groups is 1. The number of hydrogen-bond acceptors (Lipinski definition) is 7. The van der Waals surface area contributed by atoms with Gasteiger partial charge in [0.1, 0.15) is 10.8 Å². The molecule has 0 spiro atoms. The first-order valence-electron chi connectivity index (χ1n) is 10.6. The Morgan fingerprint density at radius 1 is 1.06 bits per heavy atom. The van der Waals surface area contributed by atoms with Gasteiger partial charge in [-0.15, -0.1) is 11.8 Å². The number of thioether (sulfide) groups is 1. The van der Waals surface area contributed by atoms with Crippen LogP contribution in [0.3, 0.4) is 0 Å². The standard InChI is InChI=1S/C26H23N3O3S/c1-16-23-21(19(14-30)13-27-16)12-22-25(32-23)28-24(18-9-6-10-20(11-18)31-2)29-26(22)33-15-17-7-4-3-5-8-17/h3-11,13,30H,12,14-15H2,1-2H3. The van der Waals surface area contributed by atoms with E-state index in [9.17, 15) is 5.11 Å². The van der Waals surface area contributed by atoms with Crippen molar-refractivity contribution in [3.05, 3.63) is 88.7 Å². The highest BCUT2D eigenvalue weighted by molar-refractivity contribution is 7.98. The van der Waals surface area contributed by atoms with Gasteiger partial charge < -0.3 is 14.6 Å². The van der Waals surface area contributed by atoms with Gasteiger partial charge in [0, 0.05) is 35.1 Å². The van der Waals surface area contributed by atoms with Crippen LogP contribution >= 0.6 is 11.8 Å². The second-order valence-corrected chi connectivity index (χ2v) is 8.72. The van der Waals surface area contributed by atoms with E-state index >= 15 is 0 Å². The third-order valence-electron chi connectivity index (χ3n) is 5.60. The highest BCUT2D eigenvalue weighted by Gasteiger charge is 2.27. The smallest absolute Gasteiger partial charge is 0.227 e. The van der Waals surface area contributed by atoms with E-state index in [1.807, 2.05) is 49.4 Å². The number of ether oxygens (including phenoxy) is 2. The fourth-order valence-electron chi connectivity index (χ4n) is 3.83. The van der Waals surface area contributed by atoms with E-state index in [1.54, 1.807) is 25.1 Å². The number of hydrogen-bond donors (Lipinski definition) is 1. The van der Waals surface area contributed by atoms with Crippen molar-refractivity contribution in [2.24, 2.45) is 0 Å². The van der Waals surface area contributed by atoms with Crippen molar-refractivity contribution >= 4 is 11.8 Å². The summed E-state index contributed by atoms with van der Waals surface area (Å²) in [6.45, 7) is 1.81. The number of rotatable bonds is 6. The van der Waals surface area contributed by atoms with Gasteiger partial charge in [0.15, 0.2) is 11.6 Å². The fraction of sp³-hybridized carbons (Fsp3) is 0.192. The maximum Gasteiger partial charge on any atom is 0.227 e. The lowest BCUT2D eigenvalue weighted by Crippen LogP contribution is -2.13. The summed E-state index contributed by atoms with van der Waals surface area (Å²) in [5.74, 6) is 3.30. The Bertz CT molecular complexity index is 1310. The molecule has 2 aromatic carbocycles. The first-order valence-corrected chi connectivity index (χ1v) is 11.6. The molecular weight excluding hydrogens is 434 g/mol. The van der Waals surface area contributed by atoms with Crippen molar-refractivity contribution in [1.82, 2.24) is 15.0 Å². The van der Waals surface area contributed by atoms with Gasteiger partial charge in [-0.3, -0.25) is 4.98 Å². The summed E-state index contributed by atoms with van der Waals surface area (Å²) in [7, 11) is 1.64. The van der Waals surface area contributed by atoms with Crippen LogP contribution in [0.2, 0.25) is 0 Å². The van der Waals surface area contributed by atoms with Gasteiger partial charge >= 0.3 is 0 Å². The van der Waals surface area contributed by atoms with E-state index in [4.69, 9.17) is 19.4 Å². The number of aryl methyl sites for hydroxylation is 1. The highest BCUT2D eigenvalue weighted by Crippen LogP contribution is 2.43. The maximum absolute atomic E-state index is 9.85. The van der Waals surface area contributed by atoms with E-state index in [1.165, 1.54) is 5.56 Å². The van der Waals surface area contributed by atoms with Crippen LogP contribution in [0.5, 0.6) is 17.4 Å². The molecule has 6 nitrogen and oxygen atoms in total. The zero-order chi connectivity index (χ0) is 22.8. The minimum atomic E-state index is -0.0937. The molecule has 166 valence electrons. The Kier molecular flexibility index (Phi) is 5.98. The Hall–Kier alpha value is -3.42. The van der Waals surface area contributed by atoms with Gasteiger partial charge in [-0.05, 0) is 24.6 Å². The second kappa shape index (κ2) is 9.21. The van der Waals surface area contributed by atoms with Crippen molar-refractivity contribution in [3.63, 3.8) is 0 Å². The summed E-state index contributed by atoms with van der Waals surface area (Å²) in [5.41, 5.74) is 5.47. The number of pyridine rings is 1. The van der Waals surface area contributed by atoms with Crippen molar-refractivity contribution in [2.45, 2.75) is 30.7 Å². The molecule has 0 unspecified atom stereocenters. The molecule has 0 atom stereocenters. The zero-order valence-corrected chi connectivity index (χ0v) is 19.2. The molecule has 1 aliphatic heterocycles. The quantitative estimate of drug-likeness (QED) is 0.272. The van der Waals surface area contributed by atoms with Crippen molar-refractivity contribution in [1.29, 1.82) is 0 Å². The molecule has 33 heavy (non-hydrogen) atoms. The van der Waals surface area contributed by atoms with Crippen LogP contribution in [0.4, 0.5) is 0 Å². The summed E-state index contributed by atoms with van der Waals surface area (Å²) >= 11 is 1.66. The van der Waals surface area contributed by atoms with Gasteiger partial charge in [-0.2, -0.15) is 4.98 Å². The number of aromatic nitrogens is 3. The highest BCUT2D eigenvalue weighted by atomic mass is 32.2. The SMILES string of the molecule is COc1cccc(-c2nc3c(c(SCc4ccccc4)n2)Cc2c(CO)cnc(C)c2O3)c1. The molecule has 5 rings (SSSR count). The fourth-order valence-corrected chi connectivity index (χ4v) is 4.81. The van der Waals surface area contributed by atoms with E-state index in [2.05, 4.69) is 17.1 Å². The van der Waals surface area contributed by atoms with Crippen LogP contribution in [0.15, 0.2) is 65.8 Å². The summed E-state index contributed by atoms with van der Waals surface area (Å²) in [5, 5.41) is 10.7. The number of nitrogens with zero attached hydrogens (tertiary/aromatic N) is 3. The minimum Gasteiger partial charge on any atom is -0.497 e. The number of aliphatic hydroxyl groups excluding tert-OH is 1. The molecule has 1 N–H and O–H groups in total. The van der Waals surface area contributed by atoms with E-state index in [-0.39, 0.29) is 6.61 Å². The van der Waals surface area contributed by atoms with Gasteiger partial charge in [-0.1, -0.05) is 42.5 Å². The first kappa shape index (κ1) is 21.4. The van der Waals surface area contributed by atoms with Crippen LogP contribution in [-0.4, -0.2) is 27.2 Å². The van der Waals surface area contributed by atoms with E-state index < -0.39 is 0 Å². The van der Waals surface area contributed by atoms with Crippen LogP contribution in [0.25, 0.3) is 11.4 Å². The van der Waals surface area contributed by atoms with Crippen molar-refractivity contribution < 1.29 is 14.6 Å². The third kappa shape index (κ3) is 4.29. The molecule has 0 saturated carbocycles. The van der Waals surface area contributed by atoms with Gasteiger partial charge in [0.05, 0.1) is 25.0 Å². The van der Waals surface area contributed by atoms with Crippen molar-refractivity contribution in [2.75, 3.05) is 7.11 Å². The molecule has 3 heterocycles. The first-order chi connectivity index (χ1) is 16.2. The monoisotopic (exact) mass is 457 g/mol. The molecule has 4 aromatic rings. The molecule has 2 aromatic heterocycles. The topological polar surface area (TPSA) is 77.4 Å². The minimum absolute atomic E-state index is 0.0937. The summed E-state index contributed by atoms with van der Waals surface area (Å²) in [6, 6.07) is 18.0. The molecular formula is C26H23N3O3S. The molecule has 0 fully saturated rings. The van der Waals surface area contributed by atoms with Crippen LogP contribution < -0.4 is 9.47 Å². The summed E-state index contributed by atoms with van der Waals surface area (Å²) < 4.78 is 11.7. The Balaban J connectivity index is 1.60. The third-order valence-corrected chi connectivity index (χ3v) is 6.69. The maximum atomic E-state index is 9.85. The van der Waals surface area contributed by atoms with Crippen LogP contribution in [-0.2, 0) is 18.8 Å². The second-order valence-electron chi connectivity index (χ2n) is 7.76. The average molecular weight is 458 g/mol. The molecule has 0 radical (unpaired) electrons. The number of benzene rings is 2. The van der Waals surface area contributed by atoms with Gasteiger partial charge in [0.25, 0.3) is 0 Å². The normalized spacial score (nSPS) is 12.0. The molecule has 7 heteroatoms. The lowest BCUT2D eigenvalue weighted by molar-refractivity contribution is 0.278. The van der Waals surface area contributed by atoms with Gasteiger partial charge in [0.2, 0.25) is 5.88 Å². The Morgan fingerprint density at radius 3 is 2.70 bits per heavy atom. The molecule has 1 aliphatic rings. The molecule has 0 bridgehead atoms. The molecule has 0 amide bonds. The predicted octanol–water partition coefficient (Wildman–Crippen LogP) is 5.34. The lowest BCUT2D eigenvalue weighted by atomic mass is 9.99. The Morgan fingerprint density at radius 2 is 1.91 bits per heavy atom. The Labute approximate surface area is 196 Å². The van der Waals surface area contributed by atoms with Crippen LogP contribution in [0, 0.1) is 6.92 Å².